The highest BCUT2D eigenvalue weighted by molar-refractivity contribution is 6.30. The summed E-state index contributed by atoms with van der Waals surface area (Å²) in [4.78, 5) is 13.2. The van der Waals surface area contributed by atoms with E-state index in [4.69, 9.17) is 16.3 Å². The zero-order valence-corrected chi connectivity index (χ0v) is 16.0. The zero-order chi connectivity index (χ0) is 19.8. The standard InChI is InChI=1S/C19H18ClN5O3/c1-11-16(10-24-19(27)21-22-23-24)15-9-14(28-2)7-8-17(15)25(11)18(26)12-3-5-13(20)6-4-12/h3-9,19,27H,10H2,1-2H3,(H,21,23). The second-order valence-corrected chi connectivity index (χ2v) is 6.82. The number of fused-ring (bicyclic) bond motifs is 1. The molecule has 2 N–H and O–H groups in total. The summed E-state index contributed by atoms with van der Waals surface area (Å²) in [5, 5.41) is 20.1. The third-order valence-electron chi connectivity index (χ3n) is 4.78. The second-order valence-electron chi connectivity index (χ2n) is 6.38. The Kier molecular flexibility index (Phi) is 4.76. The number of aliphatic hydroxyl groups excluding tert-OH is 1. The van der Waals surface area contributed by atoms with Crippen molar-refractivity contribution < 1.29 is 14.6 Å². The van der Waals surface area contributed by atoms with Gasteiger partial charge in [-0.05, 0) is 55.0 Å². The molecule has 0 amide bonds. The molecule has 0 fully saturated rings. The van der Waals surface area contributed by atoms with Gasteiger partial charge < -0.3 is 9.84 Å². The van der Waals surface area contributed by atoms with Crippen LogP contribution in [0.25, 0.3) is 10.9 Å². The van der Waals surface area contributed by atoms with Gasteiger partial charge in [0.2, 0.25) is 6.35 Å². The molecule has 9 heteroatoms. The van der Waals surface area contributed by atoms with Crippen molar-refractivity contribution >= 4 is 28.4 Å². The Morgan fingerprint density at radius 1 is 1.29 bits per heavy atom. The Bertz CT molecular complexity index is 1080. The SMILES string of the molecule is COc1ccc2c(c1)c(CN1NN=NC1O)c(C)n2C(=O)c1ccc(Cl)cc1. The van der Waals surface area contributed by atoms with Gasteiger partial charge in [-0.2, -0.15) is 5.01 Å². The molecule has 0 aliphatic carbocycles. The second kappa shape index (κ2) is 7.23. The topological polar surface area (TPSA) is 91.4 Å². The number of carbonyl (C=O) groups excluding carboxylic acids is 1. The van der Waals surface area contributed by atoms with Gasteiger partial charge in [-0.15, -0.1) is 5.11 Å². The summed E-state index contributed by atoms with van der Waals surface area (Å²) < 4.78 is 7.01. The van der Waals surface area contributed by atoms with Crippen molar-refractivity contribution in [3.63, 3.8) is 0 Å². The molecular formula is C19H18ClN5O3. The quantitative estimate of drug-likeness (QED) is 0.702. The fourth-order valence-corrected chi connectivity index (χ4v) is 3.43. The summed E-state index contributed by atoms with van der Waals surface area (Å²) in [6, 6.07) is 12.3. The molecule has 28 heavy (non-hydrogen) atoms. The number of halogens is 1. The van der Waals surface area contributed by atoms with E-state index in [1.807, 2.05) is 25.1 Å². The normalized spacial score (nSPS) is 16.5. The van der Waals surface area contributed by atoms with Gasteiger partial charge in [0.1, 0.15) is 5.75 Å². The van der Waals surface area contributed by atoms with Gasteiger partial charge in [-0.25, -0.2) is 5.53 Å². The molecule has 2 aromatic carbocycles. The minimum absolute atomic E-state index is 0.167. The van der Waals surface area contributed by atoms with E-state index >= 15 is 0 Å². The van der Waals surface area contributed by atoms with E-state index in [0.29, 0.717) is 22.9 Å². The van der Waals surface area contributed by atoms with Crippen molar-refractivity contribution in [1.82, 2.24) is 15.1 Å². The number of rotatable bonds is 4. The van der Waals surface area contributed by atoms with Crippen LogP contribution in [-0.4, -0.2) is 34.1 Å². The van der Waals surface area contributed by atoms with Gasteiger partial charge >= 0.3 is 0 Å². The number of hydrazine groups is 1. The molecule has 0 spiro atoms. The molecule has 4 rings (SSSR count). The molecule has 1 aliphatic heterocycles. The van der Waals surface area contributed by atoms with Crippen molar-refractivity contribution in [1.29, 1.82) is 0 Å². The molecule has 144 valence electrons. The number of nitrogens with one attached hydrogen (secondary N) is 1. The number of ether oxygens (including phenoxy) is 1. The molecule has 1 aromatic heterocycles. The van der Waals surface area contributed by atoms with Gasteiger partial charge in [0, 0.05) is 21.7 Å². The first-order valence-corrected chi connectivity index (χ1v) is 8.96. The molecule has 8 nitrogen and oxygen atoms in total. The van der Waals surface area contributed by atoms with Gasteiger partial charge in [0.25, 0.3) is 5.91 Å². The van der Waals surface area contributed by atoms with Crippen LogP contribution in [0.15, 0.2) is 52.8 Å². The van der Waals surface area contributed by atoms with Crippen molar-refractivity contribution in [2.75, 3.05) is 7.11 Å². The number of methoxy groups -OCH3 is 1. The van der Waals surface area contributed by atoms with E-state index in [2.05, 4.69) is 15.9 Å². The van der Waals surface area contributed by atoms with Crippen LogP contribution in [0.2, 0.25) is 5.02 Å². The first-order valence-electron chi connectivity index (χ1n) is 8.58. The van der Waals surface area contributed by atoms with E-state index in [1.165, 1.54) is 5.01 Å². The average molecular weight is 400 g/mol. The van der Waals surface area contributed by atoms with Crippen LogP contribution < -0.4 is 10.3 Å². The van der Waals surface area contributed by atoms with Gasteiger partial charge in [-0.1, -0.05) is 16.8 Å². The molecule has 3 aromatic rings. The Hall–Kier alpha value is -2.94. The largest absolute Gasteiger partial charge is 0.497 e. The predicted octanol–water partition coefficient (Wildman–Crippen LogP) is 3.26. The van der Waals surface area contributed by atoms with E-state index < -0.39 is 6.35 Å². The number of hydrogen-bond acceptors (Lipinski definition) is 7. The van der Waals surface area contributed by atoms with Crippen molar-refractivity contribution in [3.8, 4) is 5.75 Å². The third kappa shape index (κ3) is 3.11. The van der Waals surface area contributed by atoms with Crippen molar-refractivity contribution in [2.24, 2.45) is 10.3 Å². The maximum absolute atomic E-state index is 13.2. The average Bonchev–Trinajstić information content (AvgIpc) is 3.22. The van der Waals surface area contributed by atoms with Crippen LogP contribution in [0.4, 0.5) is 0 Å². The molecule has 2 heterocycles. The smallest absolute Gasteiger partial charge is 0.262 e. The van der Waals surface area contributed by atoms with Crippen molar-refractivity contribution in [2.45, 2.75) is 19.8 Å². The predicted molar refractivity (Wildman–Crippen MR) is 104 cm³/mol. The molecule has 1 atom stereocenters. The summed E-state index contributed by atoms with van der Waals surface area (Å²) in [6.07, 6.45) is -1.09. The lowest BCUT2D eigenvalue weighted by Gasteiger charge is -2.17. The lowest BCUT2D eigenvalue weighted by Crippen LogP contribution is -2.36. The molecule has 1 unspecified atom stereocenters. The number of benzene rings is 2. The van der Waals surface area contributed by atoms with Crippen LogP contribution in [0, 0.1) is 6.92 Å². The Morgan fingerprint density at radius 3 is 2.68 bits per heavy atom. The lowest BCUT2D eigenvalue weighted by molar-refractivity contribution is -0.00207. The van der Waals surface area contributed by atoms with Gasteiger partial charge in [0.05, 0.1) is 19.2 Å². The van der Waals surface area contributed by atoms with Gasteiger partial charge in [-0.3, -0.25) is 9.36 Å². The summed E-state index contributed by atoms with van der Waals surface area (Å²) in [7, 11) is 1.59. The molecule has 1 aliphatic rings. The minimum Gasteiger partial charge on any atom is -0.497 e. The Morgan fingerprint density at radius 2 is 2.04 bits per heavy atom. The molecular weight excluding hydrogens is 382 g/mol. The van der Waals surface area contributed by atoms with Crippen LogP contribution >= 0.6 is 11.6 Å². The Labute approximate surface area is 165 Å². The lowest BCUT2D eigenvalue weighted by atomic mass is 10.1. The number of carbonyl (C=O) groups is 1. The number of nitrogens with zero attached hydrogens (tertiary/aromatic N) is 4. The number of aromatic nitrogens is 1. The van der Waals surface area contributed by atoms with E-state index in [0.717, 1.165) is 22.2 Å². The maximum Gasteiger partial charge on any atom is 0.262 e. The zero-order valence-electron chi connectivity index (χ0n) is 15.3. The highest BCUT2D eigenvalue weighted by atomic mass is 35.5. The maximum atomic E-state index is 13.2. The van der Waals surface area contributed by atoms with Crippen LogP contribution in [0.5, 0.6) is 5.75 Å². The fourth-order valence-electron chi connectivity index (χ4n) is 3.31. The molecule has 0 bridgehead atoms. The van der Waals surface area contributed by atoms with E-state index in [9.17, 15) is 9.90 Å². The number of hydrogen-bond donors (Lipinski definition) is 2. The molecule has 0 radical (unpaired) electrons. The van der Waals surface area contributed by atoms with Crippen LogP contribution in [0.1, 0.15) is 21.6 Å². The van der Waals surface area contributed by atoms with E-state index in [1.54, 1.807) is 35.9 Å². The summed E-state index contributed by atoms with van der Waals surface area (Å²) in [6.45, 7) is 2.16. The summed E-state index contributed by atoms with van der Waals surface area (Å²) in [5.41, 5.74) is 5.53. The monoisotopic (exact) mass is 399 g/mol. The number of aliphatic hydroxyl groups is 1. The minimum atomic E-state index is -1.09. The molecule has 0 saturated heterocycles. The van der Waals surface area contributed by atoms with Crippen LogP contribution in [-0.2, 0) is 6.54 Å². The van der Waals surface area contributed by atoms with Crippen molar-refractivity contribution in [3.05, 3.63) is 64.3 Å². The highest BCUT2D eigenvalue weighted by Gasteiger charge is 2.26. The van der Waals surface area contributed by atoms with Gasteiger partial charge in [0.15, 0.2) is 0 Å². The summed E-state index contributed by atoms with van der Waals surface area (Å²) in [5.74, 6) is 0.508. The third-order valence-corrected chi connectivity index (χ3v) is 5.03. The molecule has 0 saturated carbocycles. The first kappa shape index (κ1) is 18.4. The van der Waals surface area contributed by atoms with E-state index in [-0.39, 0.29) is 5.91 Å². The first-order chi connectivity index (χ1) is 13.5. The Balaban J connectivity index is 1.85. The fraction of sp³-hybridized carbons (Fsp3) is 0.211. The summed E-state index contributed by atoms with van der Waals surface area (Å²) >= 11 is 5.95. The highest BCUT2D eigenvalue weighted by Crippen LogP contribution is 2.31. The van der Waals surface area contributed by atoms with Crippen LogP contribution in [0.3, 0.4) is 0 Å².